The lowest BCUT2D eigenvalue weighted by molar-refractivity contribution is 0.494. The fraction of sp³-hybridized carbons (Fsp3) is 0.600. The minimum atomic E-state index is 0.507. The lowest BCUT2D eigenvalue weighted by Crippen LogP contribution is -2.21. The molecule has 2 unspecified atom stereocenters. The van der Waals surface area contributed by atoms with Crippen molar-refractivity contribution in [3.63, 3.8) is 0 Å². The molecule has 1 fully saturated rings. The Kier molecular flexibility index (Phi) is 2.82. The van der Waals surface area contributed by atoms with Gasteiger partial charge in [-0.25, -0.2) is 9.97 Å². The third-order valence-electron chi connectivity index (χ3n) is 3.09. The first-order valence-electron chi connectivity index (χ1n) is 5.10. The predicted octanol–water partition coefficient (Wildman–Crippen LogP) is 1.91. The summed E-state index contributed by atoms with van der Waals surface area (Å²) in [5, 5.41) is 0. The zero-order chi connectivity index (χ0) is 11.0. The molecule has 0 aliphatic carbocycles. The Hall–Kier alpha value is -0.840. The average molecular weight is 271 g/mol. The maximum absolute atomic E-state index is 5.73. The van der Waals surface area contributed by atoms with Gasteiger partial charge < -0.3 is 10.6 Å². The molecule has 1 aliphatic heterocycles. The van der Waals surface area contributed by atoms with E-state index in [4.69, 9.17) is 5.73 Å². The van der Waals surface area contributed by atoms with Gasteiger partial charge in [0.15, 0.2) is 0 Å². The van der Waals surface area contributed by atoms with E-state index in [1.54, 1.807) is 0 Å². The summed E-state index contributed by atoms with van der Waals surface area (Å²) in [5.41, 5.74) is 5.73. The van der Waals surface area contributed by atoms with E-state index in [-0.39, 0.29) is 0 Å². The van der Waals surface area contributed by atoms with Crippen LogP contribution in [-0.4, -0.2) is 23.1 Å². The van der Waals surface area contributed by atoms with E-state index in [0.29, 0.717) is 17.7 Å². The van der Waals surface area contributed by atoms with Crippen molar-refractivity contribution in [2.24, 2.45) is 11.8 Å². The second-order valence-electron chi connectivity index (χ2n) is 4.26. The van der Waals surface area contributed by atoms with Gasteiger partial charge in [0.2, 0.25) is 0 Å². The van der Waals surface area contributed by atoms with E-state index in [1.165, 1.54) is 6.33 Å². The average Bonchev–Trinajstić information content (AvgIpc) is 2.51. The van der Waals surface area contributed by atoms with E-state index < -0.39 is 0 Å². The Labute approximate surface area is 98.0 Å². The molecule has 0 spiro atoms. The van der Waals surface area contributed by atoms with Crippen LogP contribution in [0.1, 0.15) is 13.8 Å². The smallest absolute Gasteiger partial charge is 0.148 e. The number of aromatic nitrogens is 2. The van der Waals surface area contributed by atoms with E-state index in [1.807, 2.05) is 0 Å². The molecule has 2 atom stereocenters. The van der Waals surface area contributed by atoms with Crippen molar-refractivity contribution in [3.8, 4) is 0 Å². The van der Waals surface area contributed by atoms with Gasteiger partial charge >= 0.3 is 0 Å². The lowest BCUT2D eigenvalue weighted by atomic mass is 10.0. The van der Waals surface area contributed by atoms with Crippen LogP contribution in [0.25, 0.3) is 0 Å². The van der Waals surface area contributed by atoms with Crippen LogP contribution in [0.5, 0.6) is 0 Å². The largest absolute Gasteiger partial charge is 0.383 e. The highest BCUT2D eigenvalue weighted by Gasteiger charge is 2.28. The summed E-state index contributed by atoms with van der Waals surface area (Å²) >= 11 is 3.44. The van der Waals surface area contributed by atoms with Crippen LogP contribution in [0.4, 0.5) is 11.6 Å². The summed E-state index contributed by atoms with van der Waals surface area (Å²) in [5.74, 6) is 2.83. The van der Waals surface area contributed by atoms with Crippen molar-refractivity contribution in [2.75, 3.05) is 23.7 Å². The molecule has 0 bridgehead atoms. The van der Waals surface area contributed by atoms with Gasteiger partial charge in [0.1, 0.15) is 22.4 Å². The monoisotopic (exact) mass is 270 g/mol. The molecule has 0 radical (unpaired) electrons. The molecule has 0 aromatic carbocycles. The van der Waals surface area contributed by atoms with Crippen LogP contribution in [0.15, 0.2) is 10.8 Å². The molecule has 2 N–H and O–H groups in total. The number of nitrogens with two attached hydrogens (primary N) is 1. The molecule has 1 aromatic rings. The van der Waals surface area contributed by atoms with Gasteiger partial charge in [-0.2, -0.15) is 0 Å². The van der Waals surface area contributed by atoms with Crippen molar-refractivity contribution in [3.05, 3.63) is 10.8 Å². The van der Waals surface area contributed by atoms with Crippen LogP contribution in [-0.2, 0) is 0 Å². The molecule has 1 aliphatic rings. The minimum Gasteiger partial charge on any atom is -0.383 e. The third-order valence-corrected chi connectivity index (χ3v) is 3.85. The molecule has 0 amide bonds. The SMILES string of the molecule is CC1CN(c2ncnc(N)c2Br)CC1C. The fourth-order valence-corrected chi connectivity index (χ4v) is 2.35. The zero-order valence-electron chi connectivity index (χ0n) is 8.94. The topological polar surface area (TPSA) is 55.0 Å². The molecule has 82 valence electrons. The molecule has 4 nitrogen and oxygen atoms in total. The maximum Gasteiger partial charge on any atom is 0.148 e. The zero-order valence-corrected chi connectivity index (χ0v) is 10.5. The molecule has 1 saturated heterocycles. The van der Waals surface area contributed by atoms with Gasteiger partial charge in [0, 0.05) is 13.1 Å². The lowest BCUT2D eigenvalue weighted by Gasteiger charge is -2.18. The van der Waals surface area contributed by atoms with Gasteiger partial charge in [-0.1, -0.05) is 13.8 Å². The number of nitrogens with zero attached hydrogens (tertiary/aromatic N) is 3. The van der Waals surface area contributed by atoms with Crippen LogP contribution in [0, 0.1) is 11.8 Å². The van der Waals surface area contributed by atoms with Crippen LogP contribution in [0.3, 0.4) is 0 Å². The van der Waals surface area contributed by atoms with E-state index in [0.717, 1.165) is 23.4 Å². The van der Waals surface area contributed by atoms with Crippen LogP contribution in [0.2, 0.25) is 0 Å². The number of anilines is 2. The van der Waals surface area contributed by atoms with Crippen molar-refractivity contribution in [1.82, 2.24) is 9.97 Å². The molecule has 2 heterocycles. The highest BCUT2D eigenvalue weighted by molar-refractivity contribution is 9.10. The molecule has 1 aromatic heterocycles. The predicted molar refractivity (Wildman–Crippen MR) is 64.7 cm³/mol. The molecule has 15 heavy (non-hydrogen) atoms. The summed E-state index contributed by atoms with van der Waals surface area (Å²) in [6.07, 6.45) is 1.52. The van der Waals surface area contributed by atoms with Crippen molar-refractivity contribution < 1.29 is 0 Å². The highest BCUT2D eigenvalue weighted by Crippen LogP contribution is 2.32. The summed E-state index contributed by atoms with van der Waals surface area (Å²) in [7, 11) is 0. The highest BCUT2D eigenvalue weighted by atomic mass is 79.9. The maximum atomic E-state index is 5.73. The van der Waals surface area contributed by atoms with E-state index in [9.17, 15) is 0 Å². The number of rotatable bonds is 1. The van der Waals surface area contributed by atoms with Crippen LogP contribution >= 0.6 is 15.9 Å². The first-order valence-corrected chi connectivity index (χ1v) is 5.89. The molecule has 2 rings (SSSR count). The van der Waals surface area contributed by atoms with Crippen LogP contribution < -0.4 is 10.6 Å². The van der Waals surface area contributed by atoms with Gasteiger partial charge in [-0.3, -0.25) is 0 Å². The summed E-state index contributed by atoms with van der Waals surface area (Å²) in [6.45, 7) is 6.61. The fourth-order valence-electron chi connectivity index (χ4n) is 1.90. The van der Waals surface area contributed by atoms with Gasteiger partial charge in [-0.15, -0.1) is 0 Å². The third kappa shape index (κ3) is 1.93. The molecular weight excluding hydrogens is 256 g/mol. The first kappa shape index (κ1) is 10.7. The number of nitrogen functional groups attached to an aromatic ring is 1. The van der Waals surface area contributed by atoms with Crippen molar-refractivity contribution in [1.29, 1.82) is 0 Å². The second kappa shape index (κ2) is 3.96. The Balaban J connectivity index is 2.27. The van der Waals surface area contributed by atoms with Crippen molar-refractivity contribution in [2.45, 2.75) is 13.8 Å². The molecule has 0 saturated carbocycles. The first-order chi connectivity index (χ1) is 7.09. The van der Waals surface area contributed by atoms with E-state index >= 15 is 0 Å². The number of halogens is 1. The van der Waals surface area contributed by atoms with E-state index in [2.05, 4.69) is 44.6 Å². The van der Waals surface area contributed by atoms with Gasteiger partial charge in [0.05, 0.1) is 0 Å². The second-order valence-corrected chi connectivity index (χ2v) is 5.05. The summed E-state index contributed by atoms with van der Waals surface area (Å²) in [6, 6.07) is 0. The van der Waals surface area contributed by atoms with Crippen molar-refractivity contribution >= 4 is 27.6 Å². The normalized spacial score (nSPS) is 25.9. The summed E-state index contributed by atoms with van der Waals surface area (Å²) in [4.78, 5) is 10.5. The number of hydrogen-bond donors (Lipinski definition) is 1. The Morgan fingerprint density at radius 2 is 1.93 bits per heavy atom. The Morgan fingerprint density at radius 1 is 1.33 bits per heavy atom. The summed E-state index contributed by atoms with van der Waals surface area (Å²) < 4.78 is 0.811. The standard InChI is InChI=1S/C10H15BrN4/c1-6-3-15(4-7(6)2)10-8(11)9(12)13-5-14-10/h5-7H,3-4H2,1-2H3,(H2,12,13,14). The Morgan fingerprint density at radius 3 is 2.53 bits per heavy atom. The Bertz CT molecular complexity index is 358. The molecular formula is C10H15BrN4. The number of hydrogen-bond acceptors (Lipinski definition) is 4. The minimum absolute atomic E-state index is 0.507. The van der Waals surface area contributed by atoms with Gasteiger partial charge in [-0.05, 0) is 27.8 Å². The quantitative estimate of drug-likeness (QED) is 0.847. The van der Waals surface area contributed by atoms with Gasteiger partial charge in [0.25, 0.3) is 0 Å². The molecule has 5 heteroatoms.